The van der Waals surface area contributed by atoms with Crippen molar-refractivity contribution in [3.05, 3.63) is 11.8 Å². The van der Waals surface area contributed by atoms with E-state index in [1.165, 1.54) is 13.3 Å². The molecule has 0 saturated carbocycles. The number of primary amides is 1. The highest BCUT2D eigenvalue weighted by molar-refractivity contribution is 14.1. The highest BCUT2D eigenvalue weighted by Gasteiger charge is 2.14. The maximum absolute atomic E-state index is 10.7. The lowest BCUT2D eigenvalue weighted by Crippen LogP contribution is -2.22. The van der Waals surface area contributed by atoms with Gasteiger partial charge in [-0.25, -0.2) is 4.79 Å². The van der Waals surface area contributed by atoms with Gasteiger partial charge in [-0.15, -0.1) is 0 Å². The molecule has 0 aliphatic heterocycles. The first-order valence-electron chi connectivity index (χ1n) is 2.58. The molecule has 0 aromatic heterocycles. The molecule has 6 heteroatoms. The first-order chi connectivity index (χ1) is 5.13. The predicted molar refractivity (Wildman–Crippen MR) is 46.4 cm³/mol. The van der Waals surface area contributed by atoms with Gasteiger partial charge in [-0.1, -0.05) is 0 Å². The number of methoxy groups -OCH3 is 1. The van der Waals surface area contributed by atoms with Crippen LogP contribution in [0.15, 0.2) is 11.8 Å². The number of ether oxygens (including phenoxy) is 1. The molecule has 0 spiro atoms. The van der Waals surface area contributed by atoms with Crippen LogP contribution in [-0.2, 0) is 14.3 Å². The van der Waals surface area contributed by atoms with Gasteiger partial charge in [0.2, 0.25) is 0 Å². The lowest BCUT2D eigenvalue weighted by Gasteiger charge is -1.98. The molecule has 0 aliphatic rings. The van der Waals surface area contributed by atoms with Crippen LogP contribution in [0, 0.1) is 0 Å². The Morgan fingerprint density at radius 3 is 2.45 bits per heavy atom. The Balaban J connectivity index is 4.48. The Morgan fingerprint density at radius 1 is 1.64 bits per heavy atom. The molecule has 0 heterocycles. The molecular formula is C5H7IN2O3. The summed E-state index contributed by atoms with van der Waals surface area (Å²) in [4.78, 5) is 21.2. The molecule has 1 amide bonds. The largest absolute Gasteiger partial charge is 0.465 e. The Bertz CT molecular complexity index is 202. The standard InChI is InChI=1S/C5H7IN2O3/c1-11-5(10)3(2-8-6)4(7)9/h2,8H,1H3,(H2,7,9)/b3-2-. The third-order valence-electron chi connectivity index (χ3n) is 0.870. The minimum Gasteiger partial charge on any atom is -0.465 e. The van der Waals surface area contributed by atoms with Gasteiger partial charge in [0.1, 0.15) is 5.57 Å². The molecule has 5 nitrogen and oxygen atoms in total. The van der Waals surface area contributed by atoms with Crippen LogP contribution in [0.5, 0.6) is 0 Å². The Labute approximate surface area is 77.5 Å². The molecule has 0 saturated heterocycles. The molecule has 0 aliphatic carbocycles. The second-order valence-electron chi connectivity index (χ2n) is 1.52. The number of rotatable bonds is 3. The summed E-state index contributed by atoms with van der Waals surface area (Å²) in [5.74, 6) is -1.57. The number of hydrogen-bond acceptors (Lipinski definition) is 4. The van der Waals surface area contributed by atoms with Gasteiger partial charge in [-0.05, 0) is 0 Å². The van der Waals surface area contributed by atoms with Gasteiger partial charge in [0.05, 0.1) is 30.0 Å². The van der Waals surface area contributed by atoms with E-state index in [2.05, 4.69) is 8.27 Å². The normalized spacial score (nSPS) is 10.5. The smallest absolute Gasteiger partial charge is 0.344 e. The van der Waals surface area contributed by atoms with Crippen LogP contribution in [0.1, 0.15) is 0 Å². The van der Waals surface area contributed by atoms with E-state index >= 15 is 0 Å². The molecule has 11 heavy (non-hydrogen) atoms. The number of carbonyl (C=O) groups excluding carboxylic acids is 2. The molecule has 3 N–H and O–H groups in total. The minimum atomic E-state index is -0.819. The van der Waals surface area contributed by atoms with Gasteiger partial charge in [-0.3, -0.25) is 4.79 Å². The molecule has 0 bridgehead atoms. The highest BCUT2D eigenvalue weighted by Crippen LogP contribution is 1.94. The van der Waals surface area contributed by atoms with Crippen molar-refractivity contribution < 1.29 is 14.3 Å². The number of nitrogens with one attached hydrogen (secondary N) is 1. The van der Waals surface area contributed by atoms with Crippen LogP contribution in [0.3, 0.4) is 0 Å². The molecule has 0 atom stereocenters. The molecule has 0 radical (unpaired) electrons. The third kappa shape index (κ3) is 3.21. The highest BCUT2D eigenvalue weighted by atomic mass is 127. The van der Waals surface area contributed by atoms with Crippen molar-refractivity contribution in [2.75, 3.05) is 7.11 Å². The van der Waals surface area contributed by atoms with Crippen molar-refractivity contribution in [3.8, 4) is 0 Å². The second-order valence-corrected chi connectivity index (χ2v) is 2.15. The van der Waals surface area contributed by atoms with Crippen molar-refractivity contribution in [1.82, 2.24) is 3.53 Å². The topological polar surface area (TPSA) is 81.4 Å². The van der Waals surface area contributed by atoms with E-state index in [-0.39, 0.29) is 5.57 Å². The van der Waals surface area contributed by atoms with Gasteiger partial charge in [-0.2, -0.15) is 0 Å². The van der Waals surface area contributed by atoms with Crippen molar-refractivity contribution in [1.29, 1.82) is 0 Å². The molecule has 0 fully saturated rings. The first kappa shape index (κ1) is 10.2. The molecule has 0 aromatic rings. The van der Waals surface area contributed by atoms with Crippen molar-refractivity contribution in [2.24, 2.45) is 5.73 Å². The zero-order chi connectivity index (χ0) is 8.85. The molecule has 0 aromatic carbocycles. The Morgan fingerprint density at radius 2 is 2.18 bits per heavy atom. The van der Waals surface area contributed by atoms with Crippen LogP contribution >= 0.6 is 22.9 Å². The average molecular weight is 270 g/mol. The van der Waals surface area contributed by atoms with Gasteiger partial charge in [0.15, 0.2) is 0 Å². The molecule has 0 rings (SSSR count). The minimum absolute atomic E-state index is 0.207. The van der Waals surface area contributed by atoms with E-state index in [9.17, 15) is 9.59 Å². The zero-order valence-electron chi connectivity index (χ0n) is 5.76. The zero-order valence-corrected chi connectivity index (χ0v) is 7.91. The lowest BCUT2D eigenvalue weighted by molar-refractivity contribution is -0.137. The van der Waals surface area contributed by atoms with Gasteiger partial charge in [0, 0.05) is 6.20 Å². The van der Waals surface area contributed by atoms with Gasteiger partial charge in [0.25, 0.3) is 5.91 Å². The van der Waals surface area contributed by atoms with Crippen molar-refractivity contribution >= 4 is 34.7 Å². The van der Waals surface area contributed by atoms with Gasteiger partial charge < -0.3 is 14.0 Å². The van der Waals surface area contributed by atoms with E-state index in [0.717, 1.165) is 0 Å². The molecule has 62 valence electrons. The predicted octanol–water partition coefficient (Wildman–Crippen LogP) is -0.532. The maximum Gasteiger partial charge on any atom is 0.344 e. The fraction of sp³-hybridized carbons (Fsp3) is 0.200. The van der Waals surface area contributed by atoms with Crippen LogP contribution < -0.4 is 9.26 Å². The lowest BCUT2D eigenvalue weighted by atomic mass is 10.3. The summed E-state index contributed by atoms with van der Waals surface area (Å²) in [7, 11) is 1.17. The van der Waals surface area contributed by atoms with Crippen LogP contribution in [0.4, 0.5) is 0 Å². The summed E-state index contributed by atoms with van der Waals surface area (Å²) in [5.41, 5.74) is 4.64. The van der Waals surface area contributed by atoms with E-state index in [1.807, 2.05) is 0 Å². The summed E-state index contributed by atoms with van der Waals surface area (Å²) >= 11 is 1.74. The molecular weight excluding hydrogens is 263 g/mol. The van der Waals surface area contributed by atoms with Crippen molar-refractivity contribution in [3.63, 3.8) is 0 Å². The summed E-state index contributed by atoms with van der Waals surface area (Å²) in [6.45, 7) is 0. The van der Waals surface area contributed by atoms with Crippen LogP contribution in [0.2, 0.25) is 0 Å². The SMILES string of the molecule is COC(=O)/C(=C\NI)C(N)=O. The summed E-state index contributed by atoms with van der Waals surface area (Å²) in [6, 6.07) is 0. The summed E-state index contributed by atoms with van der Waals surface area (Å²) in [5, 5.41) is 0. The van der Waals surface area contributed by atoms with Crippen molar-refractivity contribution in [2.45, 2.75) is 0 Å². The Kier molecular flexibility index (Phi) is 4.59. The quantitative estimate of drug-likeness (QED) is 0.180. The Hall–Kier alpha value is -0.790. The number of nitrogens with two attached hydrogens (primary N) is 1. The van der Waals surface area contributed by atoms with Crippen LogP contribution in [0.25, 0.3) is 0 Å². The van der Waals surface area contributed by atoms with E-state index in [0.29, 0.717) is 0 Å². The van der Waals surface area contributed by atoms with E-state index in [4.69, 9.17) is 5.73 Å². The number of hydrogen-bond donors (Lipinski definition) is 2. The first-order valence-corrected chi connectivity index (χ1v) is 3.65. The average Bonchev–Trinajstić information content (AvgIpc) is 1.98. The van der Waals surface area contributed by atoms with E-state index in [1.54, 1.807) is 22.9 Å². The third-order valence-corrected chi connectivity index (χ3v) is 1.18. The van der Waals surface area contributed by atoms with E-state index < -0.39 is 11.9 Å². The second kappa shape index (κ2) is 4.94. The number of amides is 1. The number of esters is 1. The maximum atomic E-state index is 10.7. The molecule has 0 unspecified atom stereocenters. The van der Waals surface area contributed by atoms with Gasteiger partial charge >= 0.3 is 5.97 Å². The number of halogens is 1. The monoisotopic (exact) mass is 270 g/mol. The summed E-state index contributed by atoms with van der Waals surface area (Å²) < 4.78 is 6.75. The van der Waals surface area contributed by atoms with Crippen LogP contribution in [-0.4, -0.2) is 19.0 Å². The summed E-state index contributed by atoms with van der Waals surface area (Å²) in [6.07, 6.45) is 1.18. The number of carbonyl (C=O) groups is 2. The fourth-order valence-corrected chi connectivity index (χ4v) is 0.707. The fourth-order valence-electron chi connectivity index (χ4n) is 0.395.